The summed E-state index contributed by atoms with van der Waals surface area (Å²) in [5, 5.41) is 2.85. The number of ether oxygens (including phenoxy) is 1. The van der Waals surface area contributed by atoms with Crippen LogP contribution in [0.25, 0.3) is 0 Å². The van der Waals surface area contributed by atoms with E-state index in [0.717, 1.165) is 5.56 Å². The van der Waals surface area contributed by atoms with Crippen LogP contribution in [-0.2, 0) is 9.53 Å². The first-order chi connectivity index (χ1) is 12.2. The zero-order valence-electron chi connectivity index (χ0n) is 13.7. The number of carbonyl (C=O) groups excluding carboxylic acids is 2. The van der Waals surface area contributed by atoms with Gasteiger partial charge in [-0.2, -0.15) is 0 Å². The van der Waals surface area contributed by atoms with Crippen molar-refractivity contribution in [3.8, 4) is 0 Å². The maximum atomic E-state index is 13.0. The Morgan fingerprint density at radius 3 is 2.80 bits per heavy atom. The highest BCUT2D eigenvalue weighted by Gasteiger charge is 2.46. The second-order valence-corrected chi connectivity index (χ2v) is 6.36. The summed E-state index contributed by atoms with van der Waals surface area (Å²) >= 11 is 0. The lowest BCUT2D eigenvalue weighted by Crippen LogP contribution is -2.45. The molecule has 0 bridgehead atoms. The Labute approximate surface area is 145 Å². The van der Waals surface area contributed by atoms with E-state index in [1.54, 1.807) is 24.5 Å². The van der Waals surface area contributed by atoms with E-state index in [2.05, 4.69) is 10.3 Å². The first-order valence-corrected chi connectivity index (χ1v) is 8.38. The van der Waals surface area contributed by atoms with Crippen molar-refractivity contribution in [3.63, 3.8) is 0 Å². The lowest BCUT2D eigenvalue weighted by atomic mass is 9.93. The number of carbonyl (C=O) groups is 2. The molecule has 3 atom stereocenters. The van der Waals surface area contributed by atoms with Gasteiger partial charge in [0.2, 0.25) is 5.91 Å². The SMILES string of the molecule is O=C1CO[C@@H]2[C@@H](c3ccccc3)CN(C(=O)c3cccnc3)[C@@H]2CN1. The molecule has 2 aliphatic heterocycles. The highest BCUT2D eigenvalue weighted by Crippen LogP contribution is 2.35. The van der Waals surface area contributed by atoms with E-state index < -0.39 is 0 Å². The predicted molar refractivity (Wildman–Crippen MR) is 91.0 cm³/mol. The number of amides is 2. The molecule has 1 N–H and O–H groups in total. The number of aromatic nitrogens is 1. The molecular formula is C19H19N3O3. The van der Waals surface area contributed by atoms with Gasteiger partial charge in [0.25, 0.3) is 5.91 Å². The molecule has 0 aliphatic carbocycles. The Morgan fingerprint density at radius 1 is 1.20 bits per heavy atom. The maximum Gasteiger partial charge on any atom is 0.255 e. The van der Waals surface area contributed by atoms with Crippen LogP contribution in [0.1, 0.15) is 21.8 Å². The van der Waals surface area contributed by atoms with Crippen LogP contribution in [-0.4, -0.2) is 53.5 Å². The minimum absolute atomic E-state index is 0.0272. The minimum Gasteiger partial charge on any atom is -0.365 e. The number of rotatable bonds is 2. The minimum atomic E-state index is -0.207. The average Bonchev–Trinajstić information content (AvgIpc) is 2.93. The Bertz CT molecular complexity index is 766. The van der Waals surface area contributed by atoms with E-state index in [-0.39, 0.29) is 36.5 Å². The zero-order valence-corrected chi connectivity index (χ0v) is 13.7. The summed E-state index contributed by atoms with van der Waals surface area (Å²) < 4.78 is 5.90. The fourth-order valence-electron chi connectivity index (χ4n) is 3.68. The predicted octanol–water partition coefficient (Wildman–Crippen LogP) is 1.20. The van der Waals surface area contributed by atoms with E-state index in [1.807, 2.05) is 35.2 Å². The summed E-state index contributed by atoms with van der Waals surface area (Å²) in [4.78, 5) is 30.6. The van der Waals surface area contributed by atoms with E-state index in [4.69, 9.17) is 4.74 Å². The van der Waals surface area contributed by atoms with Crippen LogP contribution in [0.3, 0.4) is 0 Å². The van der Waals surface area contributed by atoms with Gasteiger partial charge in [0.05, 0.1) is 17.7 Å². The third-order valence-corrected chi connectivity index (χ3v) is 4.88. The summed E-state index contributed by atoms with van der Waals surface area (Å²) in [6.07, 6.45) is 3.01. The zero-order chi connectivity index (χ0) is 17.2. The second kappa shape index (κ2) is 6.64. The molecule has 2 amide bonds. The molecule has 0 unspecified atom stereocenters. The number of nitrogens with zero attached hydrogens (tertiary/aromatic N) is 2. The van der Waals surface area contributed by atoms with Gasteiger partial charge in [0.1, 0.15) is 6.61 Å². The monoisotopic (exact) mass is 337 g/mol. The van der Waals surface area contributed by atoms with E-state index in [9.17, 15) is 9.59 Å². The second-order valence-electron chi connectivity index (χ2n) is 6.36. The van der Waals surface area contributed by atoms with Crippen molar-refractivity contribution in [2.75, 3.05) is 19.7 Å². The van der Waals surface area contributed by atoms with Crippen LogP contribution >= 0.6 is 0 Å². The van der Waals surface area contributed by atoms with Gasteiger partial charge in [0, 0.05) is 31.4 Å². The van der Waals surface area contributed by atoms with E-state index in [1.165, 1.54) is 0 Å². The number of fused-ring (bicyclic) bond motifs is 1. The molecule has 4 rings (SSSR count). The normalized spacial score (nSPS) is 25.8. The topological polar surface area (TPSA) is 71.5 Å². The third-order valence-electron chi connectivity index (χ3n) is 4.88. The molecule has 1 aromatic carbocycles. The molecule has 0 saturated carbocycles. The quantitative estimate of drug-likeness (QED) is 0.894. The van der Waals surface area contributed by atoms with Crippen LogP contribution in [0.5, 0.6) is 0 Å². The fourth-order valence-corrected chi connectivity index (χ4v) is 3.68. The molecule has 25 heavy (non-hydrogen) atoms. The average molecular weight is 337 g/mol. The number of nitrogens with one attached hydrogen (secondary N) is 1. The lowest BCUT2D eigenvalue weighted by molar-refractivity contribution is -0.125. The van der Waals surface area contributed by atoms with Crippen LogP contribution in [0, 0.1) is 0 Å². The Hall–Kier alpha value is -2.73. The third kappa shape index (κ3) is 3.00. The molecule has 3 heterocycles. The van der Waals surface area contributed by atoms with Gasteiger partial charge in [-0.1, -0.05) is 30.3 Å². The number of hydrogen-bond donors (Lipinski definition) is 1. The molecule has 0 radical (unpaired) electrons. The van der Waals surface area contributed by atoms with Gasteiger partial charge in [-0.15, -0.1) is 0 Å². The van der Waals surface area contributed by atoms with Crippen molar-refractivity contribution in [2.24, 2.45) is 0 Å². The van der Waals surface area contributed by atoms with Crippen molar-refractivity contribution >= 4 is 11.8 Å². The van der Waals surface area contributed by atoms with Crippen molar-refractivity contribution < 1.29 is 14.3 Å². The van der Waals surface area contributed by atoms with Gasteiger partial charge in [-0.3, -0.25) is 14.6 Å². The van der Waals surface area contributed by atoms with Gasteiger partial charge in [-0.25, -0.2) is 0 Å². The number of pyridine rings is 1. The summed E-state index contributed by atoms with van der Waals surface area (Å²) in [7, 11) is 0. The van der Waals surface area contributed by atoms with E-state index in [0.29, 0.717) is 18.7 Å². The van der Waals surface area contributed by atoms with Crippen LogP contribution in [0.15, 0.2) is 54.9 Å². The molecule has 2 aromatic rings. The molecule has 0 spiro atoms. The van der Waals surface area contributed by atoms with Gasteiger partial charge >= 0.3 is 0 Å². The van der Waals surface area contributed by atoms with Gasteiger partial charge in [-0.05, 0) is 17.7 Å². The molecule has 6 heteroatoms. The molecule has 128 valence electrons. The summed E-state index contributed by atoms with van der Waals surface area (Å²) in [6.45, 7) is 0.987. The first kappa shape index (κ1) is 15.8. The van der Waals surface area contributed by atoms with Crippen molar-refractivity contribution in [1.29, 1.82) is 0 Å². The van der Waals surface area contributed by atoms with E-state index >= 15 is 0 Å². The summed E-state index contributed by atoms with van der Waals surface area (Å²) in [5.74, 6) is -0.184. The van der Waals surface area contributed by atoms with Crippen molar-refractivity contribution in [1.82, 2.24) is 15.2 Å². The Kier molecular flexibility index (Phi) is 4.19. The number of benzene rings is 1. The van der Waals surface area contributed by atoms with Crippen molar-refractivity contribution in [3.05, 3.63) is 66.0 Å². The molecular weight excluding hydrogens is 318 g/mol. The lowest BCUT2D eigenvalue weighted by Gasteiger charge is -2.26. The Balaban J connectivity index is 1.67. The molecule has 2 saturated heterocycles. The molecule has 2 aliphatic rings. The first-order valence-electron chi connectivity index (χ1n) is 8.38. The number of likely N-dealkylation sites (tertiary alicyclic amines) is 1. The van der Waals surface area contributed by atoms with Crippen LogP contribution in [0.4, 0.5) is 0 Å². The largest absolute Gasteiger partial charge is 0.365 e. The fraction of sp³-hybridized carbons (Fsp3) is 0.316. The molecule has 6 nitrogen and oxygen atoms in total. The van der Waals surface area contributed by atoms with Gasteiger partial charge < -0.3 is 15.0 Å². The highest BCUT2D eigenvalue weighted by molar-refractivity contribution is 5.94. The van der Waals surface area contributed by atoms with Gasteiger partial charge in [0.15, 0.2) is 0 Å². The summed E-state index contributed by atoms with van der Waals surface area (Å²) in [6, 6.07) is 13.3. The smallest absolute Gasteiger partial charge is 0.255 e. The maximum absolute atomic E-state index is 13.0. The van der Waals surface area contributed by atoms with Crippen molar-refractivity contribution in [2.45, 2.75) is 18.1 Å². The van der Waals surface area contributed by atoms with Crippen LogP contribution in [0.2, 0.25) is 0 Å². The molecule has 2 fully saturated rings. The standard InChI is InChI=1S/C19H19N3O3/c23-17-12-25-18-15(13-5-2-1-3-6-13)11-22(16(18)10-21-17)19(24)14-7-4-8-20-9-14/h1-9,15-16,18H,10-12H2,(H,21,23)/t15-,16-,18-/m1/s1. The number of hydrogen-bond acceptors (Lipinski definition) is 4. The molecule has 1 aromatic heterocycles. The highest BCUT2D eigenvalue weighted by atomic mass is 16.5. The Morgan fingerprint density at radius 2 is 2.04 bits per heavy atom. The summed E-state index contributed by atoms with van der Waals surface area (Å²) in [5.41, 5.74) is 1.67. The van der Waals surface area contributed by atoms with Crippen LogP contribution < -0.4 is 5.32 Å².